The molecule has 0 aliphatic rings. The molecule has 0 unspecified atom stereocenters. The van der Waals surface area contributed by atoms with Gasteiger partial charge in [-0.25, -0.2) is 0 Å². The van der Waals surface area contributed by atoms with Gasteiger partial charge in [0.15, 0.2) is 0 Å². The van der Waals surface area contributed by atoms with Gasteiger partial charge in [0.2, 0.25) is 0 Å². The largest absolute Gasteiger partial charge is 2.00 e. The molecule has 4 nitrogen and oxygen atoms in total. The molecule has 0 rings (SSSR count). The summed E-state index contributed by atoms with van der Waals surface area (Å²) in [6.45, 7) is 18.0. The summed E-state index contributed by atoms with van der Waals surface area (Å²) in [5.74, 6) is 0. The SMILES string of the molecule is [C]=O.[C]=O.[C]=O.[C]=O.[Fe+2].[H-].[H-]. The van der Waals surface area contributed by atoms with Crippen LogP contribution < -0.4 is 0 Å². The molecule has 50 valence electrons. The standard InChI is InChI=1S/4CO.Fe.2H/c4*1-2;;;/q;;;;+2;2*-1. The third-order valence-electron chi connectivity index (χ3n) is 0. The first kappa shape index (κ1) is 41.5. The summed E-state index contributed by atoms with van der Waals surface area (Å²) in [6.07, 6.45) is 0. The van der Waals surface area contributed by atoms with Crippen LogP contribution in [0.2, 0.25) is 0 Å². The zero-order valence-corrected chi connectivity index (χ0v) is 5.09. The number of hydrogen-bond donors (Lipinski definition) is 0. The van der Waals surface area contributed by atoms with E-state index in [2.05, 4.69) is 27.2 Å². The first-order valence-electron chi connectivity index (χ1n) is 0.816. The van der Waals surface area contributed by atoms with E-state index in [1.165, 1.54) is 0 Å². The Morgan fingerprint density at radius 1 is 0.556 bits per heavy atom. The van der Waals surface area contributed by atoms with Gasteiger partial charge in [-0.1, -0.05) is 0 Å². The molecular formula is C4H2FeO4. The second-order valence-electron chi connectivity index (χ2n) is 0. The molecule has 0 spiro atoms. The van der Waals surface area contributed by atoms with Gasteiger partial charge in [0.1, 0.15) is 0 Å². The van der Waals surface area contributed by atoms with E-state index in [9.17, 15) is 0 Å². The molecule has 0 aromatic carbocycles. The van der Waals surface area contributed by atoms with Gasteiger partial charge in [0.25, 0.3) is 27.2 Å². The van der Waals surface area contributed by atoms with Crippen LogP contribution in [0.1, 0.15) is 2.85 Å². The fourth-order valence-electron chi connectivity index (χ4n) is 0. The van der Waals surface area contributed by atoms with Crippen molar-refractivity contribution >= 4 is 27.2 Å². The summed E-state index contributed by atoms with van der Waals surface area (Å²) >= 11 is 0. The van der Waals surface area contributed by atoms with Crippen LogP contribution in [0.5, 0.6) is 0 Å². The summed E-state index contributed by atoms with van der Waals surface area (Å²) in [5, 5.41) is 0. The second kappa shape index (κ2) is 432. The number of rotatable bonds is 0. The molecule has 0 saturated carbocycles. The van der Waals surface area contributed by atoms with E-state index >= 15 is 0 Å². The zero-order valence-electron chi connectivity index (χ0n) is 5.99. The third-order valence-corrected chi connectivity index (χ3v) is 0. The van der Waals surface area contributed by atoms with E-state index in [0.29, 0.717) is 0 Å². The van der Waals surface area contributed by atoms with E-state index in [0.717, 1.165) is 0 Å². The second-order valence-corrected chi connectivity index (χ2v) is 0. The van der Waals surface area contributed by atoms with Gasteiger partial charge in [-0.2, -0.15) is 0 Å². The quantitative estimate of drug-likeness (QED) is 0.420. The Morgan fingerprint density at radius 3 is 0.556 bits per heavy atom. The summed E-state index contributed by atoms with van der Waals surface area (Å²) in [7, 11) is 0. The Bertz CT molecular complexity index is 28.1. The average molecular weight is 170 g/mol. The normalized spacial score (nSPS) is 1.78. The number of hydrogen-bond acceptors (Lipinski definition) is 4. The van der Waals surface area contributed by atoms with Crippen LogP contribution in [0, 0.1) is 0 Å². The topological polar surface area (TPSA) is 68.3 Å². The Hall–Kier alpha value is -0.801. The van der Waals surface area contributed by atoms with Gasteiger partial charge in [-0.3, -0.25) is 19.2 Å². The monoisotopic (exact) mass is 170 g/mol. The van der Waals surface area contributed by atoms with Crippen LogP contribution in [-0.2, 0) is 36.2 Å². The van der Waals surface area contributed by atoms with Crippen LogP contribution in [-0.4, -0.2) is 27.2 Å². The molecule has 0 amide bonds. The first-order valence-corrected chi connectivity index (χ1v) is 0.816. The van der Waals surface area contributed by atoms with Gasteiger partial charge in [-0.15, -0.1) is 0 Å². The molecule has 0 N–H and O–H groups in total. The van der Waals surface area contributed by atoms with Crippen LogP contribution >= 0.6 is 0 Å². The van der Waals surface area contributed by atoms with Crippen molar-refractivity contribution in [3.63, 3.8) is 0 Å². The minimum absolute atomic E-state index is 0. The molecule has 5 heteroatoms. The molecule has 0 fully saturated rings. The fraction of sp³-hybridized carbons (Fsp3) is 0. The third kappa shape index (κ3) is 304. The van der Waals surface area contributed by atoms with E-state index in [4.69, 9.17) is 19.2 Å². The van der Waals surface area contributed by atoms with Crippen molar-refractivity contribution in [3.8, 4) is 0 Å². The minimum Gasteiger partial charge on any atom is -1.00 e. The Kier molecular flexibility index (Phi) is 1990. The minimum atomic E-state index is 0. The van der Waals surface area contributed by atoms with Crippen molar-refractivity contribution in [2.75, 3.05) is 0 Å². The summed E-state index contributed by atoms with van der Waals surface area (Å²) in [6, 6.07) is 0. The Morgan fingerprint density at radius 2 is 0.556 bits per heavy atom. The molecule has 0 atom stereocenters. The maximum Gasteiger partial charge on any atom is 2.00 e. The first-order chi connectivity index (χ1) is 4.00. The van der Waals surface area contributed by atoms with E-state index < -0.39 is 0 Å². The van der Waals surface area contributed by atoms with Gasteiger partial charge in [0.05, 0.1) is 0 Å². The van der Waals surface area contributed by atoms with Gasteiger partial charge in [0, 0.05) is 0 Å². The van der Waals surface area contributed by atoms with E-state index in [-0.39, 0.29) is 19.9 Å². The van der Waals surface area contributed by atoms with Crippen LogP contribution in [0.3, 0.4) is 0 Å². The Balaban J connectivity index is -0.00000000356. The molecule has 0 aliphatic carbocycles. The van der Waals surface area contributed by atoms with Gasteiger partial charge < -0.3 is 2.85 Å². The molecule has 9 heavy (non-hydrogen) atoms. The molecule has 0 aromatic rings. The van der Waals surface area contributed by atoms with Crippen molar-refractivity contribution < 1.29 is 39.1 Å². The molecule has 0 bridgehead atoms. The van der Waals surface area contributed by atoms with Crippen molar-refractivity contribution in [1.82, 2.24) is 0 Å². The summed E-state index contributed by atoms with van der Waals surface area (Å²) in [4.78, 5) is 30.0. The predicted octanol–water partition coefficient (Wildman–Crippen LogP) is -1.37. The average Bonchev–Trinajstić information content (AvgIpc) is 2.03. The smallest absolute Gasteiger partial charge is 1.00 e. The van der Waals surface area contributed by atoms with Crippen molar-refractivity contribution in [3.05, 3.63) is 0 Å². The van der Waals surface area contributed by atoms with E-state index in [1.807, 2.05) is 0 Å². The van der Waals surface area contributed by atoms with E-state index in [1.54, 1.807) is 0 Å². The number of carbonyl (C=O) groups excluding carboxylic acids is 4. The zero-order chi connectivity index (χ0) is 8.00. The molecule has 0 saturated heterocycles. The molecule has 0 aromatic heterocycles. The van der Waals surface area contributed by atoms with Crippen molar-refractivity contribution in [1.29, 1.82) is 0 Å². The maximum absolute atomic E-state index is 7.50. The summed E-state index contributed by atoms with van der Waals surface area (Å²) < 4.78 is 0. The Labute approximate surface area is 67.1 Å². The fourth-order valence-corrected chi connectivity index (χ4v) is 0. The predicted molar refractivity (Wildman–Crippen MR) is 25.0 cm³/mol. The van der Waals surface area contributed by atoms with Crippen molar-refractivity contribution in [2.45, 2.75) is 0 Å². The van der Waals surface area contributed by atoms with Crippen LogP contribution in [0.25, 0.3) is 0 Å². The molecule has 8 radical (unpaired) electrons. The maximum atomic E-state index is 7.50. The van der Waals surface area contributed by atoms with Crippen molar-refractivity contribution in [2.24, 2.45) is 0 Å². The van der Waals surface area contributed by atoms with Crippen LogP contribution in [0.15, 0.2) is 0 Å². The molecular weight excluding hydrogens is 168 g/mol. The molecule has 0 heterocycles. The van der Waals surface area contributed by atoms with Gasteiger partial charge in [-0.05, 0) is 0 Å². The molecule has 0 aliphatic heterocycles. The van der Waals surface area contributed by atoms with Gasteiger partial charge >= 0.3 is 17.1 Å². The van der Waals surface area contributed by atoms with Crippen LogP contribution in [0.4, 0.5) is 0 Å². The summed E-state index contributed by atoms with van der Waals surface area (Å²) in [5.41, 5.74) is 0.